The van der Waals surface area contributed by atoms with Crippen LogP contribution in [-0.2, 0) is 27.9 Å². The first-order valence-corrected chi connectivity index (χ1v) is 10.3. The minimum absolute atomic E-state index is 0.0632. The van der Waals surface area contributed by atoms with Crippen LogP contribution in [-0.4, -0.2) is 17.8 Å². The van der Waals surface area contributed by atoms with Crippen LogP contribution in [0.15, 0.2) is 41.6 Å². The van der Waals surface area contributed by atoms with Crippen molar-refractivity contribution in [2.45, 2.75) is 44.4 Å². The highest BCUT2D eigenvalue weighted by Gasteiger charge is 2.31. The number of esters is 1. The maximum atomic E-state index is 13.3. The van der Waals surface area contributed by atoms with Gasteiger partial charge in [0, 0.05) is 11.3 Å². The molecule has 0 spiro atoms. The Labute approximate surface area is 176 Å². The molecule has 2 rings (SSSR count). The number of hydrogen-bond acceptors (Lipinski definition) is 6. The maximum Gasteiger partial charge on any atom is 0.416 e. The molecule has 0 aliphatic rings. The fraction of sp³-hybridized carbons (Fsp3) is 0.381. The van der Waals surface area contributed by atoms with Gasteiger partial charge in [0.2, 0.25) is 0 Å². The smallest absolute Gasteiger partial charge is 0.416 e. The fourth-order valence-corrected chi connectivity index (χ4v) is 3.32. The van der Waals surface area contributed by atoms with Crippen LogP contribution in [0.5, 0.6) is 11.5 Å². The molecule has 0 saturated heterocycles. The zero-order valence-electron chi connectivity index (χ0n) is 16.8. The second-order valence-corrected chi connectivity index (χ2v) is 8.26. The summed E-state index contributed by atoms with van der Waals surface area (Å²) in [4.78, 5) is 22.6. The number of rotatable bonds is 9. The number of nitrogens with zero attached hydrogens (tertiary/aromatic N) is 1. The van der Waals surface area contributed by atoms with Crippen molar-refractivity contribution in [3.8, 4) is 11.5 Å². The Bertz CT molecular complexity index is 900. The van der Waals surface area contributed by atoms with Gasteiger partial charge in [-0.1, -0.05) is 13.8 Å². The zero-order valence-corrected chi connectivity index (χ0v) is 17.6. The third-order valence-electron chi connectivity index (χ3n) is 3.90. The van der Waals surface area contributed by atoms with Gasteiger partial charge in [-0.3, -0.25) is 4.79 Å². The molecule has 162 valence electrons. The van der Waals surface area contributed by atoms with Crippen LogP contribution in [0.2, 0.25) is 0 Å². The van der Waals surface area contributed by atoms with Crippen molar-refractivity contribution in [2.24, 2.45) is 5.18 Å². The number of halogens is 3. The Balaban J connectivity index is 2.40. The molecule has 0 aliphatic carbocycles. The van der Waals surface area contributed by atoms with E-state index >= 15 is 0 Å². The van der Waals surface area contributed by atoms with Gasteiger partial charge >= 0.3 is 12.1 Å². The third-order valence-corrected chi connectivity index (χ3v) is 5.04. The molecule has 2 aromatic rings. The average molecular weight is 441 g/mol. The van der Waals surface area contributed by atoms with Crippen LogP contribution in [0.3, 0.4) is 0 Å². The van der Waals surface area contributed by atoms with Crippen LogP contribution in [0.1, 0.15) is 37.5 Å². The third kappa shape index (κ3) is 7.05. The number of thioether (sulfide) groups is 1. The molecular weight excluding hydrogens is 419 g/mol. The molecule has 30 heavy (non-hydrogen) atoms. The van der Waals surface area contributed by atoms with Crippen molar-refractivity contribution in [1.29, 1.82) is 0 Å². The summed E-state index contributed by atoms with van der Waals surface area (Å²) in [6, 6.07) is 7.62. The number of hydrogen-bond donors (Lipinski definition) is 0. The number of nitroso groups, excluding NO2 is 1. The van der Waals surface area contributed by atoms with E-state index in [-0.39, 0.29) is 30.0 Å². The van der Waals surface area contributed by atoms with Crippen LogP contribution in [0.4, 0.5) is 18.9 Å². The lowest BCUT2D eigenvalue weighted by Gasteiger charge is -2.15. The number of carbonyl (C=O) groups excluding carboxylic acids is 1. The van der Waals surface area contributed by atoms with Crippen LogP contribution >= 0.6 is 11.8 Å². The van der Waals surface area contributed by atoms with E-state index in [0.29, 0.717) is 22.3 Å². The van der Waals surface area contributed by atoms with Crippen molar-refractivity contribution in [3.05, 3.63) is 58.0 Å². The summed E-state index contributed by atoms with van der Waals surface area (Å²) < 4.78 is 50.6. The lowest BCUT2D eigenvalue weighted by molar-refractivity contribution is -0.142. The second kappa shape index (κ2) is 10.5. The highest BCUT2D eigenvalue weighted by Crippen LogP contribution is 2.37. The molecular formula is C21H22F3NO4S. The molecule has 0 bridgehead atoms. The van der Waals surface area contributed by atoms with E-state index in [9.17, 15) is 22.9 Å². The molecule has 0 radical (unpaired) electrons. The predicted octanol–water partition coefficient (Wildman–Crippen LogP) is 6.64. The minimum atomic E-state index is -4.61. The van der Waals surface area contributed by atoms with Gasteiger partial charge in [0.15, 0.2) is 0 Å². The van der Waals surface area contributed by atoms with Crippen molar-refractivity contribution in [1.82, 2.24) is 0 Å². The van der Waals surface area contributed by atoms with E-state index in [1.165, 1.54) is 18.2 Å². The molecule has 0 aromatic heterocycles. The lowest BCUT2D eigenvalue weighted by atomic mass is 10.1. The predicted molar refractivity (Wildman–Crippen MR) is 110 cm³/mol. The normalized spacial score (nSPS) is 11.4. The summed E-state index contributed by atoms with van der Waals surface area (Å²) >= 11 is 1.59. The van der Waals surface area contributed by atoms with E-state index in [4.69, 9.17) is 9.47 Å². The van der Waals surface area contributed by atoms with Crippen molar-refractivity contribution in [2.75, 3.05) is 6.61 Å². The van der Waals surface area contributed by atoms with Gasteiger partial charge in [0.1, 0.15) is 17.2 Å². The first-order chi connectivity index (χ1) is 14.1. The van der Waals surface area contributed by atoms with E-state index in [2.05, 4.69) is 5.18 Å². The zero-order chi connectivity index (χ0) is 22.3. The summed E-state index contributed by atoms with van der Waals surface area (Å²) in [6.45, 7) is 5.76. The average Bonchev–Trinajstić information content (AvgIpc) is 2.66. The maximum absolute atomic E-state index is 13.3. The van der Waals surface area contributed by atoms with E-state index in [1.807, 2.05) is 13.8 Å². The van der Waals surface area contributed by atoms with Crippen molar-refractivity contribution in [3.63, 3.8) is 0 Å². The quantitative estimate of drug-likeness (QED) is 0.322. The van der Waals surface area contributed by atoms with E-state index < -0.39 is 17.7 Å². The molecule has 0 fully saturated rings. The van der Waals surface area contributed by atoms with Crippen LogP contribution in [0.25, 0.3) is 0 Å². The molecule has 0 amide bonds. The Hall–Kier alpha value is -2.55. The second-order valence-electron chi connectivity index (χ2n) is 6.69. The van der Waals surface area contributed by atoms with E-state index in [1.54, 1.807) is 24.8 Å². The van der Waals surface area contributed by atoms with Gasteiger partial charge in [-0.05, 0) is 59.3 Å². The molecule has 2 aromatic carbocycles. The van der Waals surface area contributed by atoms with Gasteiger partial charge in [-0.2, -0.15) is 24.9 Å². The monoisotopic (exact) mass is 441 g/mol. The number of alkyl halides is 3. The molecule has 0 unspecified atom stereocenters. The van der Waals surface area contributed by atoms with Gasteiger partial charge in [-0.25, -0.2) is 0 Å². The molecule has 0 N–H and O–H groups in total. The number of carbonyl (C=O) groups is 1. The largest absolute Gasteiger partial charge is 0.466 e. The highest BCUT2D eigenvalue weighted by molar-refractivity contribution is 7.99. The standard InChI is InChI=1S/C21H22F3NO4S/c1-4-28-20(26)9-14-7-16(21(22,23)24)11-18(8-14)29-19-6-5-17(25-27)10-15(19)12-30-13(2)3/h5-8,10-11,13H,4,9,12H2,1-3H3. The Morgan fingerprint density at radius 1 is 1.17 bits per heavy atom. The first kappa shape index (κ1) is 23.7. The fourth-order valence-electron chi connectivity index (χ4n) is 2.58. The van der Waals surface area contributed by atoms with E-state index in [0.717, 1.165) is 12.1 Å². The molecule has 5 nitrogen and oxygen atoms in total. The van der Waals surface area contributed by atoms with Gasteiger partial charge in [0.25, 0.3) is 0 Å². The summed E-state index contributed by atoms with van der Waals surface area (Å²) in [5.41, 5.74) is 0.0371. The topological polar surface area (TPSA) is 65.0 Å². The summed E-state index contributed by atoms with van der Waals surface area (Å²) in [5, 5.41) is 3.20. The van der Waals surface area contributed by atoms with Crippen LogP contribution in [0, 0.1) is 4.91 Å². The van der Waals surface area contributed by atoms with Gasteiger partial charge < -0.3 is 9.47 Å². The first-order valence-electron chi connectivity index (χ1n) is 9.25. The van der Waals surface area contributed by atoms with Gasteiger partial charge in [0.05, 0.1) is 18.6 Å². The number of benzene rings is 2. The van der Waals surface area contributed by atoms with Crippen molar-refractivity contribution < 1.29 is 27.4 Å². The lowest BCUT2D eigenvalue weighted by Crippen LogP contribution is -2.10. The molecule has 9 heteroatoms. The molecule has 0 atom stereocenters. The summed E-state index contributed by atoms with van der Waals surface area (Å²) in [5.74, 6) is 0.118. The Kier molecular flexibility index (Phi) is 8.28. The minimum Gasteiger partial charge on any atom is -0.466 e. The highest BCUT2D eigenvalue weighted by atomic mass is 32.2. The number of ether oxygens (including phenoxy) is 2. The Morgan fingerprint density at radius 2 is 1.90 bits per heavy atom. The Morgan fingerprint density at radius 3 is 2.50 bits per heavy atom. The molecule has 0 heterocycles. The molecule has 0 saturated carbocycles. The van der Waals surface area contributed by atoms with Crippen molar-refractivity contribution >= 4 is 23.4 Å². The summed E-state index contributed by atoms with van der Waals surface area (Å²) in [7, 11) is 0. The van der Waals surface area contributed by atoms with Crippen LogP contribution < -0.4 is 4.74 Å². The SMILES string of the molecule is CCOC(=O)Cc1cc(Oc2ccc(N=O)cc2CSC(C)C)cc(C(F)(F)F)c1. The van der Waals surface area contributed by atoms with Gasteiger partial charge in [-0.15, -0.1) is 4.91 Å². The molecule has 0 aliphatic heterocycles. The summed E-state index contributed by atoms with van der Waals surface area (Å²) in [6.07, 6.45) is -4.91.